The molecule has 0 saturated carbocycles. The summed E-state index contributed by atoms with van der Waals surface area (Å²) in [5, 5.41) is 2.52. The summed E-state index contributed by atoms with van der Waals surface area (Å²) in [6.45, 7) is 0. The van der Waals surface area contributed by atoms with Gasteiger partial charge in [0.25, 0.3) is 0 Å². The molecule has 4 heterocycles. The molecule has 12 rings (SSSR count). The van der Waals surface area contributed by atoms with E-state index in [2.05, 4.69) is 0 Å². The number of hydrogen-bond donors (Lipinski definition) is 0. The monoisotopic (exact) mass is 744 g/mol. The highest BCUT2D eigenvalue weighted by Crippen LogP contribution is 2.43. The Kier molecular flexibility index (Phi) is 4.26. The lowest BCUT2D eigenvalue weighted by Gasteiger charge is -2.17. The van der Waals surface area contributed by atoms with E-state index in [1.807, 2.05) is 97.1 Å². The molecule has 0 aliphatic heterocycles. The number of benzene rings is 8. The van der Waals surface area contributed by atoms with Crippen molar-refractivity contribution in [1.29, 1.82) is 0 Å². The summed E-state index contributed by atoms with van der Waals surface area (Å²) < 4.78 is 151. The van der Waals surface area contributed by atoms with E-state index in [1.54, 1.807) is 9.13 Å². The lowest BCUT2D eigenvalue weighted by molar-refractivity contribution is 0.893. The molecule has 6 nitrogen and oxygen atoms in total. The fourth-order valence-corrected chi connectivity index (χ4v) is 7.96. The van der Waals surface area contributed by atoms with Gasteiger partial charge in [0.15, 0.2) is 5.82 Å². The zero-order valence-corrected chi connectivity index (χ0v) is 29.4. The van der Waals surface area contributed by atoms with Crippen molar-refractivity contribution >= 4 is 65.4 Å². The predicted octanol–water partition coefficient (Wildman–Crippen LogP) is 12.5. The first-order chi connectivity index (χ1) is 35.0. The van der Waals surface area contributed by atoms with Crippen molar-refractivity contribution in [3.8, 4) is 40.1 Å². The van der Waals surface area contributed by atoms with Gasteiger partial charge in [-0.25, -0.2) is 0 Å². The fraction of sp³-hybridized carbons (Fsp3) is 0. The summed E-state index contributed by atoms with van der Waals surface area (Å²) in [5.74, 6) is -0.443. The molecule has 0 fully saturated rings. The van der Waals surface area contributed by atoms with E-state index in [0.717, 1.165) is 26.1 Å². The van der Waals surface area contributed by atoms with Gasteiger partial charge in [-0.1, -0.05) is 151 Å². The maximum Gasteiger partial charge on any atom is 0.240 e. The van der Waals surface area contributed by atoms with E-state index < -0.39 is 125 Å². The second-order valence-corrected chi connectivity index (χ2v) is 13.3. The van der Waals surface area contributed by atoms with Gasteiger partial charge in [0, 0.05) is 38.0 Å². The topological polar surface area (TPSA) is 53.5 Å². The van der Waals surface area contributed by atoms with E-state index >= 15 is 0 Å². The molecule has 266 valence electrons. The van der Waals surface area contributed by atoms with Gasteiger partial charge in [-0.05, 0) is 53.5 Å². The highest BCUT2D eigenvalue weighted by Gasteiger charge is 2.25. The molecule has 8 aromatic carbocycles. The van der Waals surface area contributed by atoms with Crippen molar-refractivity contribution in [3.63, 3.8) is 0 Å². The molecule has 12 aromatic rings. The molecule has 0 saturated heterocycles. The first kappa shape index (κ1) is 19.7. The third-order valence-corrected chi connectivity index (χ3v) is 10.3. The minimum atomic E-state index is -0.818. The summed E-state index contributed by atoms with van der Waals surface area (Å²) in [4.78, 5) is 15.5. The van der Waals surface area contributed by atoms with Gasteiger partial charge in [-0.15, -0.1) is 0 Å². The summed E-state index contributed by atoms with van der Waals surface area (Å²) in [7, 11) is 0. The molecule has 0 N–H and O–H groups in total. The van der Waals surface area contributed by atoms with E-state index in [4.69, 9.17) is 25.9 Å². The molecular weight excluding hydrogens is 697 g/mol. The average Bonchev–Trinajstić information content (AvgIpc) is 4.05. The van der Waals surface area contributed by atoms with Crippen LogP contribution in [0.15, 0.2) is 194 Å². The zero-order chi connectivity index (χ0) is 51.4. The van der Waals surface area contributed by atoms with Crippen LogP contribution in [0.3, 0.4) is 0 Å². The van der Waals surface area contributed by atoms with Gasteiger partial charge in [-0.3, -0.25) is 9.13 Å². The average molecular weight is 745 g/mol. The van der Waals surface area contributed by atoms with Gasteiger partial charge in [0.2, 0.25) is 11.9 Å². The fourth-order valence-electron chi connectivity index (χ4n) is 7.96. The number of aromatic nitrogens is 6. The number of rotatable bonds is 5. The van der Waals surface area contributed by atoms with Crippen molar-refractivity contribution in [2.24, 2.45) is 0 Å². The summed E-state index contributed by atoms with van der Waals surface area (Å²) in [6.07, 6.45) is 0. The van der Waals surface area contributed by atoms with Crippen molar-refractivity contribution in [2.45, 2.75) is 0 Å². The Morgan fingerprint density at radius 1 is 0.368 bits per heavy atom. The maximum absolute atomic E-state index is 9.94. The molecular formula is C51H32N6. The van der Waals surface area contributed by atoms with E-state index in [-0.39, 0.29) is 34.1 Å². The lowest BCUT2D eigenvalue weighted by atomic mass is 9.96. The van der Waals surface area contributed by atoms with Crippen LogP contribution in [-0.2, 0) is 0 Å². The largest absolute Gasteiger partial charge is 0.308 e. The molecule has 57 heavy (non-hydrogen) atoms. The van der Waals surface area contributed by atoms with Crippen LogP contribution < -0.4 is 0 Å². The standard InChI is InChI=1S/C51H32N6/c1-3-17-33(18-4-1)35-31-32-41-40-25-11-12-26-42(40)55(34-19-5-2-6-20-34)48(41)47(35)49-52-50(56-43-27-13-7-21-36(43)37-22-8-14-28-44(37)56)54-51(53-49)57-45-29-15-9-23-38(45)39-24-10-16-30-46(39)57/h1-32H/i1D,2D,3D,4D,5D,6D,11D,12D,17D,18D,19D,20D,25D,26D,31D,32D. The Balaban J connectivity index is 1.41. The normalized spacial score (nSPS) is 15.8. The Morgan fingerprint density at radius 2 is 0.842 bits per heavy atom. The van der Waals surface area contributed by atoms with Crippen LogP contribution in [-0.4, -0.2) is 28.7 Å². The summed E-state index contributed by atoms with van der Waals surface area (Å²) in [5.41, 5.74) is -0.392. The van der Waals surface area contributed by atoms with Crippen LogP contribution in [0.25, 0.3) is 106 Å². The smallest absolute Gasteiger partial charge is 0.240 e. The molecule has 0 bridgehead atoms. The highest BCUT2D eigenvalue weighted by molar-refractivity contribution is 6.16. The quantitative estimate of drug-likeness (QED) is 0.176. The number of fused-ring (bicyclic) bond motifs is 9. The lowest BCUT2D eigenvalue weighted by Crippen LogP contribution is -2.11. The minimum absolute atomic E-state index is 0.0318. The van der Waals surface area contributed by atoms with Crippen LogP contribution in [0.2, 0.25) is 0 Å². The molecule has 0 radical (unpaired) electrons. The maximum atomic E-state index is 9.94. The second-order valence-electron chi connectivity index (χ2n) is 13.3. The third kappa shape index (κ3) is 4.68. The molecule has 0 amide bonds. The molecule has 0 aliphatic carbocycles. The van der Waals surface area contributed by atoms with Crippen LogP contribution >= 0.6 is 0 Å². The van der Waals surface area contributed by atoms with E-state index in [9.17, 15) is 11.0 Å². The number of para-hydroxylation sites is 6. The first-order valence-electron chi connectivity index (χ1n) is 25.9. The Morgan fingerprint density at radius 3 is 1.39 bits per heavy atom. The molecule has 0 unspecified atom stereocenters. The summed E-state index contributed by atoms with van der Waals surface area (Å²) in [6, 6.07) is 17.6. The van der Waals surface area contributed by atoms with Crippen molar-refractivity contribution in [1.82, 2.24) is 28.7 Å². The SMILES string of the molecule is [2H]c1c([2H])c([2H])c(-c2c([2H])c([2H])c3c4c([2H])c([2H])c([2H])c([2H])c4n(-c4c([2H])c([2H])c([2H])c([2H])c4[2H])c3c2-c2nc(-n3c4ccccc4c4ccccc43)nc(-n3c4ccccc4c4ccccc43)n2)c([2H])c1[2H]. The van der Waals surface area contributed by atoms with Crippen molar-refractivity contribution in [2.75, 3.05) is 0 Å². The highest BCUT2D eigenvalue weighted by atomic mass is 15.3. The van der Waals surface area contributed by atoms with Gasteiger partial charge in [0.05, 0.1) is 60.6 Å². The van der Waals surface area contributed by atoms with Crippen LogP contribution in [0.1, 0.15) is 21.9 Å². The Hall–Kier alpha value is -7.83. The number of hydrogen-bond acceptors (Lipinski definition) is 3. The van der Waals surface area contributed by atoms with Crippen LogP contribution in [0.5, 0.6) is 0 Å². The van der Waals surface area contributed by atoms with Crippen LogP contribution in [0, 0.1) is 0 Å². The minimum Gasteiger partial charge on any atom is -0.308 e. The van der Waals surface area contributed by atoms with E-state index in [1.165, 1.54) is 0 Å². The molecule has 0 atom stereocenters. The third-order valence-electron chi connectivity index (χ3n) is 10.3. The molecule has 0 aliphatic rings. The molecule has 4 aromatic heterocycles. The molecule has 6 heteroatoms. The Labute approximate surface area is 349 Å². The second kappa shape index (κ2) is 12.3. The van der Waals surface area contributed by atoms with Crippen molar-refractivity contribution in [3.05, 3.63) is 194 Å². The van der Waals surface area contributed by atoms with Gasteiger partial charge >= 0.3 is 0 Å². The van der Waals surface area contributed by atoms with Gasteiger partial charge < -0.3 is 4.57 Å². The van der Waals surface area contributed by atoms with Gasteiger partial charge in [-0.2, -0.15) is 15.0 Å². The molecule has 0 spiro atoms. The van der Waals surface area contributed by atoms with Crippen molar-refractivity contribution < 1.29 is 21.9 Å². The van der Waals surface area contributed by atoms with E-state index in [0.29, 0.717) is 22.1 Å². The van der Waals surface area contributed by atoms with Gasteiger partial charge in [0.1, 0.15) is 0 Å². The van der Waals surface area contributed by atoms with Crippen LogP contribution in [0.4, 0.5) is 0 Å². The first-order valence-corrected chi connectivity index (χ1v) is 17.9. The Bertz CT molecular complexity index is 4190. The predicted molar refractivity (Wildman–Crippen MR) is 234 cm³/mol. The summed E-state index contributed by atoms with van der Waals surface area (Å²) >= 11 is 0. The number of nitrogens with zero attached hydrogens (tertiary/aromatic N) is 6. The zero-order valence-electron chi connectivity index (χ0n) is 45.4.